The van der Waals surface area contributed by atoms with Crippen LogP contribution in [-0.4, -0.2) is 22.4 Å². The van der Waals surface area contributed by atoms with Crippen LogP contribution in [0.2, 0.25) is 0 Å². The first kappa shape index (κ1) is 17.8. The highest BCUT2D eigenvalue weighted by molar-refractivity contribution is 5.94. The topological polar surface area (TPSA) is 69.8 Å². The van der Waals surface area contributed by atoms with Crippen LogP contribution in [-0.2, 0) is 13.0 Å². The van der Waals surface area contributed by atoms with Gasteiger partial charge in [-0.3, -0.25) is 9.78 Å². The summed E-state index contributed by atoms with van der Waals surface area (Å²) < 4.78 is 0. The van der Waals surface area contributed by atoms with Crippen LogP contribution in [0.15, 0.2) is 79.3 Å². The number of nitrogens with one attached hydrogen (secondary N) is 3. The molecule has 0 radical (unpaired) electrons. The molecule has 0 saturated heterocycles. The molecule has 28 heavy (non-hydrogen) atoms. The molecule has 5 heteroatoms. The minimum Gasteiger partial charge on any atom is -0.380 e. The second-order valence-corrected chi connectivity index (χ2v) is 6.67. The standard InChI is InChI=1S/C23H22N4O/c28-23(25-11-10-18-15-27-22-9-5-4-8-21(18)22)19-12-20(16-24-14-19)26-13-17-6-2-1-3-7-17/h1-9,12,14-16,26-27H,10-11,13H2,(H,25,28). The number of carbonyl (C=O) groups excluding carboxylic acids is 1. The number of H-pyrrole nitrogens is 1. The van der Waals surface area contributed by atoms with Gasteiger partial charge >= 0.3 is 0 Å². The van der Waals surface area contributed by atoms with E-state index >= 15 is 0 Å². The molecule has 5 nitrogen and oxygen atoms in total. The molecule has 2 aromatic heterocycles. The fourth-order valence-corrected chi connectivity index (χ4v) is 3.21. The van der Waals surface area contributed by atoms with Crippen molar-refractivity contribution in [2.75, 3.05) is 11.9 Å². The van der Waals surface area contributed by atoms with Gasteiger partial charge in [-0.25, -0.2) is 0 Å². The van der Waals surface area contributed by atoms with Crippen LogP contribution >= 0.6 is 0 Å². The van der Waals surface area contributed by atoms with Crippen molar-refractivity contribution in [3.8, 4) is 0 Å². The minimum absolute atomic E-state index is 0.115. The van der Waals surface area contributed by atoms with Crippen LogP contribution in [0.5, 0.6) is 0 Å². The highest BCUT2D eigenvalue weighted by atomic mass is 16.1. The predicted molar refractivity (Wildman–Crippen MR) is 112 cm³/mol. The summed E-state index contributed by atoms with van der Waals surface area (Å²) in [6, 6.07) is 20.1. The molecule has 2 heterocycles. The molecular weight excluding hydrogens is 348 g/mol. The van der Waals surface area contributed by atoms with Crippen molar-refractivity contribution in [1.82, 2.24) is 15.3 Å². The maximum Gasteiger partial charge on any atom is 0.252 e. The molecule has 0 fully saturated rings. The smallest absolute Gasteiger partial charge is 0.252 e. The third-order valence-electron chi connectivity index (χ3n) is 4.69. The summed E-state index contributed by atoms with van der Waals surface area (Å²) in [4.78, 5) is 19.9. The molecular formula is C23H22N4O. The lowest BCUT2D eigenvalue weighted by Crippen LogP contribution is -2.25. The van der Waals surface area contributed by atoms with E-state index in [2.05, 4.69) is 44.9 Å². The van der Waals surface area contributed by atoms with Crippen molar-refractivity contribution in [2.45, 2.75) is 13.0 Å². The van der Waals surface area contributed by atoms with Gasteiger partial charge in [0.05, 0.1) is 11.3 Å². The zero-order valence-electron chi connectivity index (χ0n) is 15.5. The molecule has 4 aromatic rings. The third kappa shape index (κ3) is 4.20. The van der Waals surface area contributed by atoms with E-state index in [-0.39, 0.29) is 5.91 Å². The summed E-state index contributed by atoms with van der Waals surface area (Å²) in [6.07, 6.45) is 6.10. The minimum atomic E-state index is -0.115. The fraction of sp³-hybridized carbons (Fsp3) is 0.130. The van der Waals surface area contributed by atoms with Crippen molar-refractivity contribution in [3.05, 3.63) is 95.9 Å². The van der Waals surface area contributed by atoms with E-state index in [1.54, 1.807) is 12.4 Å². The summed E-state index contributed by atoms with van der Waals surface area (Å²) in [5.41, 5.74) is 4.87. The van der Waals surface area contributed by atoms with Gasteiger partial charge in [-0.1, -0.05) is 48.5 Å². The average molecular weight is 370 g/mol. The largest absolute Gasteiger partial charge is 0.380 e. The first-order valence-corrected chi connectivity index (χ1v) is 9.35. The molecule has 0 unspecified atom stereocenters. The number of nitrogens with zero attached hydrogens (tertiary/aromatic N) is 1. The van der Waals surface area contributed by atoms with Crippen molar-refractivity contribution < 1.29 is 4.79 Å². The van der Waals surface area contributed by atoms with Crippen molar-refractivity contribution in [2.24, 2.45) is 0 Å². The Morgan fingerprint density at radius 1 is 1.00 bits per heavy atom. The Bertz CT molecular complexity index is 1070. The van der Waals surface area contributed by atoms with Gasteiger partial charge in [-0.2, -0.15) is 0 Å². The van der Waals surface area contributed by atoms with E-state index < -0.39 is 0 Å². The van der Waals surface area contributed by atoms with E-state index in [1.807, 2.05) is 42.6 Å². The molecule has 0 aliphatic heterocycles. The van der Waals surface area contributed by atoms with Crippen molar-refractivity contribution >= 4 is 22.5 Å². The number of pyridine rings is 1. The normalized spacial score (nSPS) is 10.7. The fourth-order valence-electron chi connectivity index (χ4n) is 3.21. The lowest BCUT2D eigenvalue weighted by Gasteiger charge is -2.09. The number of rotatable bonds is 7. The molecule has 0 bridgehead atoms. The lowest BCUT2D eigenvalue weighted by atomic mass is 10.1. The lowest BCUT2D eigenvalue weighted by molar-refractivity contribution is 0.0954. The molecule has 3 N–H and O–H groups in total. The maximum atomic E-state index is 12.5. The van der Waals surface area contributed by atoms with E-state index in [1.165, 1.54) is 16.5 Å². The number of carbonyl (C=O) groups is 1. The Labute approximate surface area is 163 Å². The first-order chi connectivity index (χ1) is 13.8. The molecule has 0 aliphatic rings. The van der Waals surface area contributed by atoms with Gasteiger partial charge in [0.1, 0.15) is 0 Å². The van der Waals surface area contributed by atoms with Gasteiger partial charge in [0.2, 0.25) is 0 Å². The molecule has 140 valence electrons. The summed E-state index contributed by atoms with van der Waals surface area (Å²) in [7, 11) is 0. The number of fused-ring (bicyclic) bond motifs is 1. The third-order valence-corrected chi connectivity index (χ3v) is 4.69. The summed E-state index contributed by atoms with van der Waals surface area (Å²) in [5.74, 6) is -0.115. The van der Waals surface area contributed by atoms with Crippen LogP contribution < -0.4 is 10.6 Å². The number of aromatic amines is 1. The quantitative estimate of drug-likeness (QED) is 0.458. The van der Waals surface area contributed by atoms with E-state index in [9.17, 15) is 4.79 Å². The highest BCUT2D eigenvalue weighted by Crippen LogP contribution is 2.17. The van der Waals surface area contributed by atoms with Gasteiger partial charge in [0.15, 0.2) is 0 Å². The van der Waals surface area contributed by atoms with Crippen LogP contribution in [0.25, 0.3) is 10.9 Å². The van der Waals surface area contributed by atoms with Gasteiger partial charge < -0.3 is 15.6 Å². The molecule has 0 atom stereocenters. The zero-order chi connectivity index (χ0) is 19.2. The summed E-state index contributed by atoms with van der Waals surface area (Å²) in [5, 5.41) is 7.49. The van der Waals surface area contributed by atoms with Crippen LogP contribution in [0, 0.1) is 0 Å². The van der Waals surface area contributed by atoms with Crippen molar-refractivity contribution in [3.63, 3.8) is 0 Å². The first-order valence-electron chi connectivity index (χ1n) is 9.35. The Kier molecular flexibility index (Phi) is 5.33. The number of hydrogen-bond donors (Lipinski definition) is 3. The van der Waals surface area contributed by atoms with Gasteiger partial charge in [0.25, 0.3) is 5.91 Å². The Morgan fingerprint density at radius 3 is 2.71 bits per heavy atom. The van der Waals surface area contributed by atoms with Gasteiger partial charge in [-0.15, -0.1) is 0 Å². The number of hydrogen-bond acceptors (Lipinski definition) is 3. The molecule has 0 saturated carbocycles. The number of anilines is 1. The van der Waals surface area contributed by atoms with Gasteiger partial charge in [-0.05, 0) is 29.7 Å². The van der Waals surface area contributed by atoms with Crippen LogP contribution in [0.4, 0.5) is 5.69 Å². The van der Waals surface area contributed by atoms with Crippen molar-refractivity contribution in [1.29, 1.82) is 0 Å². The van der Waals surface area contributed by atoms with Gasteiger partial charge in [0, 0.05) is 42.6 Å². The second kappa shape index (κ2) is 8.39. The molecule has 2 aromatic carbocycles. The predicted octanol–water partition coefficient (Wildman–Crippen LogP) is 4.15. The Morgan fingerprint density at radius 2 is 1.82 bits per heavy atom. The molecule has 0 spiro atoms. The molecule has 1 amide bonds. The van der Waals surface area contributed by atoms with Crippen LogP contribution in [0.1, 0.15) is 21.5 Å². The maximum absolute atomic E-state index is 12.5. The summed E-state index contributed by atoms with van der Waals surface area (Å²) >= 11 is 0. The van der Waals surface area contributed by atoms with Crippen LogP contribution in [0.3, 0.4) is 0 Å². The highest BCUT2D eigenvalue weighted by Gasteiger charge is 2.08. The number of aromatic nitrogens is 2. The number of benzene rings is 2. The second-order valence-electron chi connectivity index (χ2n) is 6.67. The molecule has 4 rings (SSSR count). The zero-order valence-corrected chi connectivity index (χ0v) is 15.5. The Hall–Kier alpha value is -3.60. The molecule has 0 aliphatic carbocycles. The van der Waals surface area contributed by atoms with E-state index in [0.717, 1.165) is 17.6 Å². The number of para-hydroxylation sites is 1. The van der Waals surface area contributed by atoms with E-state index in [0.29, 0.717) is 18.7 Å². The SMILES string of the molecule is O=C(NCCc1c[nH]c2ccccc12)c1cncc(NCc2ccccc2)c1. The van der Waals surface area contributed by atoms with E-state index in [4.69, 9.17) is 0 Å². The Balaban J connectivity index is 1.33. The number of amides is 1. The monoisotopic (exact) mass is 370 g/mol. The summed E-state index contributed by atoms with van der Waals surface area (Å²) in [6.45, 7) is 1.26. The average Bonchev–Trinajstić information content (AvgIpc) is 3.16.